The molecular formula is C16H20ClFN2O3. The molecular weight excluding hydrogens is 323 g/mol. The summed E-state index contributed by atoms with van der Waals surface area (Å²) < 4.78 is 14.2. The summed E-state index contributed by atoms with van der Waals surface area (Å²) in [6.07, 6.45) is 0.818. The number of likely N-dealkylation sites (tertiary alicyclic amines) is 1. The molecule has 1 aromatic rings. The molecule has 1 aliphatic rings. The number of likely N-dealkylation sites (N-methyl/N-ethyl adjacent to an activating group) is 1. The molecule has 1 unspecified atom stereocenters. The molecule has 1 saturated heterocycles. The standard InChI is InChI=1S/C16H20ClFN2O3/c1-19(2)14(13-11(17)4-3-5-12(13)18)15(21)20-8-6-10(7-9-20)16(22)23/h3-5,10,14H,6-9H2,1-2H3,(H,22,23). The first-order valence-corrected chi connectivity index (χ1v) is 7.82. The zero-order valence-corrected chi connectivity index (χ0v) is 13.9. The Kier molecular flexibility index (Phi) is 5.59. The fourth-order valence-corrected chi connectivity index (χ4v) is 3.16. The molecule has 1 N–H and O–H groups in total. The Bertz CT molecular complexity index is 581. The van der Waals surface area contributed by atoms with E-state index in [4.69, 9.17) is 16.7 Å². The first-order valence-electron chi connectivity index (χ1n) is 7.45. The SMILES string of the molecule is CN(C)C(C(=O)N1CCC(C(=O)O)CC1)c1c(F)cccc1Cl. The van der Waals surface area contributed by atoms with Gasteiger partial charge in [-0.3, -0.25) is 14.5 Å². The first-order chi connectivity index (χ1) is 10.8. The number of rotatable bonds is 4. The fourth-order valence-electron chi connectivity index (χ4n) is 2.89. The summed E-state index contributed by atoms with van der Waals surface area (Å²) in [6.45, 7) is 0.707. The van der Waals surface area contributed by atoms with Crippen LogP contribution in [-0.4, -0.2) is 54.0 Å². The number of hydrogen-bond acceptors (Lipinski definition) is 3. The van der Waals surface area contributed by atoms with Crippen LogP contribution in [-0.2, 0) is 9.59 Å². The van der Waals surface area contributed by atoms with Crippen molar-refractivity contribution in [3.05, 3.63) is 34.6 Å². The predicted octanol–water partition coefficient (Wildman–Crippen LogP) is 2.41. The highest BCUT2D eigenvalue weighted by molar-refractivity contribution is 6.31. The van der Waals surface area contributed by atoms with E-state index in [-0.39, 0.29) is 16.5 Å². The Morgan fingerprint density at radius 2 is 1.96 bits per heavy atom. The summed E-state index contributed by atoms with van der Waals surface area (Å²) in [5.74, 6) is -2.04. The molecule has 126 valence electrons. The van der Waals surface area contributed by atoms with Gasteiger partial charge in [0.05, 0.1) is 5.92 Å². The lowest BCUT2D eigenvalue weighted by molar-refractivity contribution is -0.147. The van der Waals surface area contributed by atoms with E-state index < -0.39 is 23.7 Å². The number of piperidine rings is 1. The third-order valence-electron chi connectivity index (χ3n) is 4.18. The van der Waals surface area contributed by atoms with Gasteiger partial charge in [-0.15, -0.1) is 0 Å². The Morgan fingerprint density at radius 3 is 2.43 bits per heavy atom. The van der Waals surface area contributed by atoms with Crippen molar-refractivity contribution < 1.29 is 19.1 Å². The van der Waals surface area contributed by atoms with Crippen molar-refractivity contribution in [3.63, 3.8) is 0 Å². The molecule has 23 heavy (non-hydrogen) atoms. The van der Waals surface area contributed by atoms with Crippen molar-refractivity contribution >= 4 is 23.5 Å². The quantitative estimate of drug-likeness (QED) is 0.912. The summed E-state index contributed by atoms with van der Waals surface area (Å²) in [5, 5.41) is 9.24. The van der Waals surface area contributed by atoms with Crippen LogP contribution in [0.4, 0.5) is 4.39 Å². The molecule has 7 heteroatoms. The van der Waals surface area contributed by atoms with Crippen molar-refractivity contribution in [1.82, 2.24) is 9.80 Å². The summed E-state index contributed by atoms with van der Waals surface area (Å²) in [6, 6.07) is 3.50. The molecule has 5 nitrogen and oxygen atoms in total. The van der Waals surface area contributed by atoms with E-state index in [0.29, 0.717) is 25.9 Å². The molecule has 1 amide bonds. The van der Waals surface area contributed by atoms with Gasteiger partial charge in [-0.05, 0) is 39.1 Å². The number of nitrogens with zero attached hydrogens (tertiary/aromatic N) is 2. The number of carbonyl (C=O) groups excluding carboxylic acids is 1. The van der Waals surface area contributed by atoms with Crippen LogP contribution >= 0.6 is 11.6 Å². The van der Waals surface area contributed by atoms with Crippen molar-refractivity contribution in [2.45, 2.75) is 18.9 Å². The minimum atomic E-state index is -0.835. The molecule has 1 atom stereocenters. The van der Waals surface area contributed by atoms with Crippen LogP contribution < -0.4 is 0 Å². The highest BCUT2D eigenvalue weighted by Crippen LogP contribution is 2.31. The third-order valence-corrected chi connectivity index (χ3v) is 4.51. The van der Waals surface area contributed by atoms with Crippen molar-refractivity contribution in [2.75, 3.05) is 27.2 Å². The van der Waals surface area contributed by atoms with E-state index in [9.17, 15) is 14.0 Å². The Labute approximate surface area is 139 Å². The largest absolute Gasteiger partial charge is 0.481 e. The lowest BCUT2D eigenvalue weighted by Gasteiger charge is -2.35. The lowest BCUT2D eigenvalue weighted by Crippen LogP contribution is -2.45. The van der Waals surface area contributed by atoms with Gasteiger partial charge in [0.25, 0.3) is 0 Å². The van der Waals surface area contributed by atoms with Gasteiger partial charge in [0, 0.05) is 23.7 Å². The van der Waals surface area contributed by atoms with Crippen LogP contribution in [0.25, 0.3) is 0 Å². The van der Waals surface area contributed by atoms with Crippen molar-refractivity contribution in [2.24, 2.45) is 5.92 Å². The Morgan fingerprint density at radius 1 is 1.35 bits per heavy atom. The predicted molar refractivity (Wildman–Crippen MR) is 84.8 cm³/mol. The molecule has 1 aromatic carbocycles. The Hall–Kier alpha value is -1.66. The molecule has 0 aromatic heterocycles. The Balaban J connectivity index is 2.22. The highest BCUT2D eigenvalue weighted by Gasteiger charge is 2.34. The molecule has 0 radical (unpaired) electrons. The van der Waals surface area contributed by atoms with Crippen LogP contribution in [0.1, 0.15) is 24.4 Å². The summed E-state index contributed by atoms with van der Waals surface area (Å²) in [5.41, 5.74) is 0.157. The molecule has 0 spiro atoms. The van der Waals surface area contributed by atoms with Crippen molar-refractivity contribution in [1.29, 1.82) is 0 Å². The number of carboxylic acids is 1. The van der Waals surface area contributed by atoms with Crippen LogP contribution in [0.15, 0.2) is 18.2 Å². The fraction of sp³-hybridized carbons (Fsp3) is 0.500. The number of carbonyl (C=O) groups is 2. The van der Waals surface area contributed by atoms with Gasteiger partial charge in [0.2, 0.25) is 5.91 Å². The van der Waals surface area contributed by atoms with E-state index in [1.54, 1.807) is 30.0 Å². The average Bonchev–Trinajstić information content (AvgIpc) is 2.50. The molecule has 1 aliphatic heterocycles. The number of halogens is 2. The lowest BCUT2D eigenvalue weighted by atomic mass is 9.95. The molecule has 1 fully saturated rings. The van der Waals surface area contributed by atoms with Crippen LogP contribution in [0.3, 0.4) is 0 Å². The number of amides is 1. The van der Waals surface area contributed by atoms with Gasteiger partial charge in [-0.1, -0.05) is 17.7 Å². The van der Waals surface area contributed by atoms with E-state index in [1.807, 2.05) is 0 Å². The smallest absolute Gasteiger partial charge is 0.306 e. The first kappa shape index (κ1) is 17.7. The maximum atomic E-state index is 14.2. The normalized spacial score (nSPS) is 17.3. The molecule has 0 saturated carbocycles. The second-order valence-electron chi connectivity index (χ2n) is 5.94. The van der Waals surface area contributed by atoms with Crippen LogP contribution in [0.5, 0.6) is 0 Å². The van der Waals surface area contributed by atoms with E-state index in [0.717, 1.165) is 0 Å². The average molecular weight is 343 g/mol. The van der Waals surface area contributed by atoms with E-state index in [1.165, 1.54) is 12.1 Å². The van der Waals surface area contributed by atoms with Crippen LogP contribution in [0.2, 0.25) is 5.02 Å². The van der Waals surface area contributed by atoms with Gasteiger partial charge in [0.1, 0.15) is 11.9 Å². The van der Waals surface area contributed by atoms with E-state index in [2.05, 4.69) is 0 Å². The van der Waals surface area contributed by atoms with Gasteiger partial charge in [-0.25, -0.2) is 4.39 Å². The summed E-state index contributed by atoms with van der Waals surface area (Å²) >= 11 is 6.10. The molecule has 0 bridgehead atoms. The summed E-state index contributed by atoms with van der Waals surface area (Å²) in [4.78, 5) is 27.0. The minimum absolute atomic E-state index is 0.157. The topological polar surface area (TPSA) is 60.9 Å². The number of hydrogen-bond donors (Lipinski definition) is 1. The van der Waals surface area contributed by atoms with E-state index >= 15 is 0 Å². The monoisotopic (exact) mass is 342 g/mol. The zero-order valence-electron chi connectivity index (χ0n) is 13.1. The van der Waals surface area contributed by atoms with Gasteiger partial charge in [0.15, 0.2) is 0 Å². The van der Waals surface area contributed by atoms with Crippen LogP contribution in [0, 0.1) is 11.7 Å². The number of benzene rings is 1. The third kappa shape index (κ3) is 3.82. The van der Waals surface area contributed by atoms with Gasteiger partial charge < -0.3 is 10.0 Å². The second kappa shape index (κ2) is 7.27. The molecule has 1 heterocycles. The minimum Gasteiger partial charge on any atom is -0.481 e. The summed E-state index contributed by atoms with van der Waals surface area (Å²) in [7, 11) is 3.38. The molecule has 0 aliphatic carbocycles. The van der Waals surface area contributed by atoms with Gasteiger partial charge >= 0.3 is 5.97 Å². The zero-order chi connectivity index (χ0) is 17.1. The van der Waals surface area contributed by atoms with Gasteiger partial charge in [-0.2, -0.15) is 0 Å². The number of aliphatic carboxylic acids is 1. The second-order valence-corrected chi connectivity index (χ2v) is 6.35. The maximum Gasteiger partial charge on any atom is 0.306 e. The van der Waals surface area contributed by atoms with Crippen molar-refractivity contribution in [3.8, 4) is 0 Å². The molecule has 2 rings (SSSR count). The number of carboxylic acid groups (broad SMARTS) is 1. The highest BCUT2D eigenvalue weighted by atomic mass is 35.5. The maximum absolute atomic E-state index is 14.2.